The van der Waals surface area contributed by atoms with Crippen molar-refractivity contribution in [3.8, 4) is 11.8 Å². The minimum absolute atomic E-state index is 0.00757. The number of hydrogen-bond acceptors (Lipinski definition) is 4. The highest BCUT2D eigenvalue weighted by Crippen LogP contribution is 2.37. The highest BCUT2D eigenvalue weighted by atomic mass is 19.1. The third-order valence-electron chi connectivity index (χ3n) is 5.54. The predicted octanol–water partition coefficient (Wildman–Crippen LogP) is 4.45. The third-order valence-corrected chi connectivity index (χ3v) is 5.54. The molecule has 0 saturated heterocycles. The molecule has 0 spiro atoms. The van der Waals surface area contributed by atoms with E-state index in [1.54, 1.807) is 12.3 Å². The van der Waals surface area contributed by atoms with Gasteiger partial charge in [0.1, 0.15) is 17.6 Å². The first kappa shape index (κ1) is 18.9. The van der Waals surface area contributed by atoms with E-state index in [1.165, 1.54) is 18.2 Å². The third kappa shape index (κ3) is 3.77. The molecule has 0 aliphatic heterocycles. The fourth-order valence-electron chi connectivity index (χ4n) is 4.11. The van der Waals surface area contributed by atoms with Crippen molar-refractivity contribution >= 4 is 16.8 Å². The summed E-state index contributed by atoms with van der Waals surface area (Å²) >= 11 is 0. The van der Waals surface area contributed by atoms with Crippen molar-refractivity contribution in [3.05, 3.63) is 71.2 Å². The summed E-state index contributed by atoms with van der Waals surface area (Å²) in [5.41, 5.74) is 7.68. The molecule has 1 heterocycles. The first-order valence-corrected chi connectivity index (χ1v) is 9.60. The van der Waals surface area contributed by atoms with Gasteiger partial charge in [-0.05, 0) is 73.6 Å². The number of primary amides is 1. The van der Waals surface area contributed by atoms with E-state index in [9.17, 15) is 14.4 Å². The van der Waals surface area contributed by atoms with Crippen LogP contribution in [0.5, 0.6) is 5.75 Å². The molecule has 0 radical (unpaired) electrons. The van der Waals surface area contributed by atoms with E-state index in [0.717, 1.165) is 31.1 Å². The van der Waals surface area contributed by atoms with Gasteiger partial charge in [-0.2, -0.15) is 5.26 Å². The van der Waals surface area contributed by atoms with Crippen LogP contribution in [0, 0.1) is 17.1 Å². The Morgan fingerprint density at radius 2 is 1.97 bits per heavy atom. The van der Waals surface area contributed by atoms with Gasteiger partial charge in [0.2, 0.25) is 5.91 Å². The Morgan fingerprint density at radius 3 is 2.69 bits per heavy atom. The molecule has 6 heteroatoms. The number of carbonyl (C=O) groups excluding carboxylic acids is 1. The zero-order valence-corrected chi connectivity index (χ0v) is 15.8. The average Bonchev–Trinajstić information content (AvgIpc) is 2.74. The summed E-state index contributed by atoms with van der Waals surface area (Å²) < 4.78 is 20.0. The molecular weight excluding hydrogens is 369 g/mol. The molecule has 0 unspecified atom stereocenters. The second kappa shape index (κ2) is 7.88. The van der Waals surface area contributed by atoms with Crippen LogP contribution in [0.3, 0.4) is 0 Å². The van der Waals surface area contributed by atoms with Crippen molar-refractivity contribution in [1.29, 1.82) is 5.26 Å². The minimum Gasteiger partial charge on any atom is -0.490 e. The van der Waals surface area contributed by atoms with Gasteiger partial charge < -0.3 is 10.5 Å². The Kier molecular flexibility index (Phi) is 5.13. The molecule has 0 bridgehead atoms. The number of carbonyl (C=O) groups is 1. The van der Waals surface area contributed by atoms with Crippen LogP contribution in [-0.4, -0.2) is 17.0 Å². The number of pyridine rings is 1. The van der Waals surface area contributed by atoms with Crippen LogP contribution in [0.15, 0.2) is 48.7 Å². The van der Waals surface area contributed by atoms with Crippen LogP contribution in [0.2, 0.25) is 0 Å². The van der Waals surface area contributed by atoms with E-state index < -0.39 is 5.91 Å². The molecule has 1 saturated carbocycles. The number of nitriles is 1. The number of halogens is 1. The summed E-state index contributed by atoms with van der Waals surface area (Å²) in [6, 6.07) is 13.6. The Morgan fingerprint density at radius 1 is 1.17 bits per heavy atom. The summed E-state index contributed by atoms with van der Waals surface area (Å²) in [4.78, 5) is 16.0. The van der Waals surface area contributed by atoms with Crippen molar-refractivity contribution in [3.63, 3.8) is 0 Å². The number of aromatic nitrogens is 1. The van der Waals surface area contributed by atoms with E-state index in [2.05, 4.69) is 11.1 Å². The normalized spacial score (nSPS) is 18.9. The number of benzene rings is 2. The summed E-state index contributed by atoms with van der Waals surface area (Å²) in [5.74, 6) is -0.110. The Labute approximate surface area is 167 Å². The summed E-state index contributed by atoms with van der Waals surface area (Å²) in [5, 5.41) is 10.1. The standard InChI is InChI=1S/C23H20FN3O2/c24-16-6-9-18(23(26)28)20(12-16)14-4-7-17(8-5-14)29-21-10-11-27-22-15(13-25)2-1-3-19(21)22/h1-3,6,9-12,14,17H,4-5,7-8H2,(H2,26,28). The Hall–Kier alpha value is -3.46. The van der Waals surface area contributed by atoms with Gasteiger partial charge in [-0.3, -0.25) is 9.78 Å². The lowest BCUT2D eigenvalue weighted by molar-refractivity contribution is 0.0997. The van der Waals surface area contributed by atoms with Crippen molar-refractivity contribution in [2.75, 3.05) is 0 Å². The Bertz CT molecular complexity index is 1110. The van der Waals surface area contributed by atoms with Crippen LogP contribution in [0.1, 0.15) is 53.1 Å². The van der Waals surface area contributed by atoms with Crippen molar-refractivity contribution in [2.45, 2.75) is 37.7 Å². The van der Waals surface area contributed by atoms with Gasteiger partial charge in [-0.25, -0.2) is 4.39 Å². The van der Waals surface area contributed by atoms with E-state index in [1.807, 2.05) is 18.2 Å². The second-order valence-electron chi connectivity index (χ2n) is 7.31. The van der Waals surface area contributed by atoms with Crippen molar-refractivity contribution in [1.82, 2.24) is 4.98 Å². The number of rotatable bonds is 4. The van der Waals surface area contributed by atoms with Crippen LogP contribution in [0.25, 0.3) is 10.9 Å². The van der Waals surface area contributed by atoms with E-state index >= 15 is 0 Å². The lowest BCUT2D eigenvalue weighted by atomic mass is 9.80. The Balaban J connectivity index is 1.51. The number of nitrogens with zero attached hydrogens (tertiary/aromatic N) is 2. The van der Waals surface area contributed by atoms with Gasteiger partial charge in [0.25, 0.3) is 0 Å². The van der Waals surface area contributed by atoms with Gasteiger partial charge >= 0.3 is 0 Å². The maximum atomic E-state index is 13.7. The molecule has 3 aromatic rings. The smallest absolute Gasteiger partial charge is 0.248 e. The highest BCUT2D eigenvalue weighted by molar-refractivity contribution is 5.94. The molecule has 1 amide bonds. The van der Waals surface area contributed by atoms with Crippen LogP contribution >= 0.6 is 0 Å². The lowest BCUT2D eigenvalue weighted by Crippen LogP contribution is -2.25. The maximum absolute atomic E-state index is 13.7. The molecule has 0 atom stereocenters. The zero-order chi connectivity index (χ0) is 20.4. The highest BCUT2D eigenvalue weighted by Gasteiger charge is 2.27. The van der Waals surface area contributed by atoms with Gasteiger partial charge in [0.15, 0.2) is 0 Å². The number of hydrogen-bond donors (Lipinski definition) is 1. The molecule has 2 aromatic carbocycles. The number of para-hydroxylation sites is 1. The molecule has 2 N–H and O–H groups in total. The maximum Gasteiger partial charge on any atom is 0.248 e. The zero-order valence-electron chi connectivity index (χ0n) is 15.8. The van der Waals surface area contributed by atoms with Crippen molar-refractivity contribution < 1.29 is 13.9 Å². The molecule has 1 fully saturated rings. The fraction of sp³-hybridized carbons (Fsp3) is 0.261. The summed E-state index contributed by atoms with van der Waals surface area (Å²) in [6.45, 7) is 0. The summed E-state index contributed by atoms with van der Waals surface area (Å²) in [7, 11) is 0. The molecule has 1 aromatic heterocycles. The summed E-state index contributed by atoms with van der Waals surface area (Å²) in [6.07, 6.45) is 4.77. The topological polar surface area (TPSA) is 89.0 Å². The first-order valence-electron chi connectivity index (χ1n) is 9.60. The van der Waals surface area contributed by atoms with Crippen LogP contribution in [-0.2, 0) is 0 Å². The van der Waals surface area contributed by atoms with Gasteiger partial charge in [0.05, 0.1) is 17.2 Å². The van der Waals surface area contributed by atoms with E-state index in [4.69, 9.17) is 10.5 Å². The fourth-order valence-corrected chi connectivity index (χ4v) is 4.11. The van der Waals surface area contributed by atoms with Gasteiger partial charge in [-0.1, -0.05) is 6.07 Å². The quantitative estimate of drug-likeness (QED) is 0.714. The molecule has 5 nitrogen and oxygen atoms in total. The molecular formula is C23H20FN3O2. The second-order valence-corrected chi connectivity index (χ2v) is 7.31. The molecule has 1 aliphatic carbocycles. The molecule has 29 heavy (non-hydrogen) atoms. The first-order chi connectivity index (χ1) is 14.1. The largest absolute Gasteiger partial charge is 0.490 e. The van der Waals surface area contributed by atoms with Crippen LogP contribution < -0.4 is 10.5 Å². The monoisotopic (exact) mass is 389 g/mol. The van der Waals surface area contributed by atoms with E-state index in [-0.39, 0.29) is 17.8 Å². The van der Waals surface area contributed by atoms with Crippen LogP contribution in [0.4, 0.5) is 4.39 Å². The lowest BCUT2D eigenvalue weighted by Gasteiger charge is -2.30. The number of amides is 1. The predicted molar refractivity (Wildman–Crippen MR) is 107 cm³/mol. The van der Waals surface area contributed by atoms with E-state index in [0.29, 0.717) is 28.0 Å². The number of ether oxygens (including phenoxy) is 1. The average molecular weight is 389 g/mol. The van der Waals surface area contributed by atoms with Gasteiger partial charge in [-0.15, -0.1) is 0 Å². The van der Waals surface area contributed by atoms with Gasteiger partial charge in [0, 0.05) is 17.1 Å². The molecule has 1 aliphatic rings. The molecule has 4 rings (SSSR count). The number of fused-ring (bicyclic) bond motifs is 1. The molecule has 146 valence electrons. The number of nitrogens with two attached hydrogens (primary N) is 1. The SMILES string of the molecule is N#Cc1cccc2c(OC3CCC(c4cc(F)ccc4C(N)=O)CC3)ccnc12. The minimum atomic E-state index is -0.532. The van der Waals surface area contributed by atoms with Crippen molar-refractivity contribution in [2.24, 2.45) is 5.73 Å².